The summed E-state index contributed by atoms with van der Waals surface area (Å²) < 4.78 is 0. The average Bonchev–Trinajstić information content (AvgIpc) is 2.51. The molecule has 2 nitrogen and oxygen atoms in total. The Labute approximate surface area is 92.3 Å². The Bertz CT molecular complexity index is 371. The minimum absolute atomic E-state index is 0.648. The molecule has 1 aliphatic rings. The van der Waals surface area contributed by atoms with E-state index in [4.69, 9.17) is 0 Å². The molecule has 0 saturated carbocycles. The van der Waals surface area contributed by atoms with Gasteiger partial charge in [0.15, 0.2) is 0 Å². The fourth-order valence-corrected chi connectivity index (χ4v) is 2.77. The van der Waals surface area contributed by atoms with Crippen LogP contribution in [0.15, 0.2) is 12.1 Å². The van der Waals surface area contributed by atoms with Crippen LogP contribution in [0.5, 0.6) is 0 Å². The third-order valence-electron chi connectivity index (χ3n) is 3.37. The van der Waals surface area contributed by atoms with E-state index in [0.29, 0.717) is 5.92 Å². The van der Waals surface area contributed by atoms with Crippen molar-refractivity contribution in [1.29, 1.82) is 0 Å². The highest BCUT2D eigenvalue weighted by atomic mass is 15.1. The second-order valence-electron chi connectivity index (χ2n) is 4.60. The summed E-state index contributed by atoms with van der Waals surface area (Å²) in [7, 11) is 4.23. The lowest BCUT2D eigenvalue weighted by molar-refractivity contribution is 0.652. The number of hydrogen-bond donors (Lipinski definition) is 1. The SMILES string of the molecule is CNCC1CN(C)c2c(C)ccc(C)c21. The molecule has 0 saturated heterocycles. The summed E-state index contributed by atoms with van der Waals surface area (Å²) in [6, 6.07) is 4.47. The van der Waals surface area contributed by atoms with Gasteiger partial charge in [-0.3, -0.25) is 0 Å². The average molecular weight is 204 g/mol. The Balaban J connectivity index is 2.49. The van der Waals surface area contributed by atoms with Crippen molar-refractivity contribution >= 4 is 5.69 Å². The molecule has 0 spiro atoms. The first kappa shape index (κ1) is 10.5. The summed E-state index contributed by atoms with van der Waals surface area (Å²) in [6.45, 7) is 6.64. The molecule has 1 heterocycles. The number of likely N-dealkylation sites (N-methyl/N-ethyl adjacent to an activating group) is 2. The highest BCUT2D eigenvalue weighted by Gasteiger charge is 2.28. The van der Waals surface area contributed by atoms with Gasteiger partial charge in [0.25, 0.3) is 0 Å². The molecule has 2 heteroatoms. The van der Waals surface area contributed by atoms with Crippen LogP contribution in [0.4, 0.5) is 5.69 Å². The van der Waals surface area contributed by atoms with Gasteiger partial charge < -0.3 is 10.2 Å². The number of rotatable bonds is 2. The summed E-state index contributed by atoms with van der Waals surface area (Å²) in [4.78, 5) is 2.39. The monoisotopic (exact) mass is 204 g/mol. The second kappa shape index (κ2) is 3.86. The van der Waals surface area contributed by atoms with Crippen molar-refractivity contribution in [2.45, 2.75) is 19.8 Å². The van der Waals surface area contributed by atoms with Crippen LogP contribution in [-0.2, 0) is 0 Å². The van der Waals surface area contributed by atoms with Gasteiger partial charge in [-0.15, -0.1) is 0 Å². The quantitative estimate of drug-likeness (QED) is 0.793. The minimum Gasteiger partial charge on any atom is -0.373 e. The molecule has 1 unspecified atom stereocenters. The number of anilines is 1. The summed E-state index contributed by atoms with van der Waals surface area (Å²) in [5, 5.41) is 3.29. The van der Waals surface area contributed by atoms with E-state index < -0.39 is 0 Å². The van der Waals surface area contributed by atoms with Gasteiger partial charge in [-0.25, -0.2) is 0 Å². The number of nitrogens with zero attached hydrogens (tertiary/aromatic N) is 1. The Morgan fingerprint density at radius 3 is 2.67 bits per heavy atom. The van der Waals surface area contributed by atoms with Gasteiger partial charge in [0, 0.05) is 31.7 Å². The molecule has 1 aromatic rings. The van der Waals surface area contributed by atoms with Crippen LogP contribution < -0.4 is 10.2 Å². The summed E-state index contributed by atoms with van der Waals surface area (Å²) in [5.74, 6) is 0.648. The molecule has 1 aliphatic heterocycles. The van der Waals surface area contributed by atoms with Gasteiger partial charge in [0.05, 0.1) is 0 Å². The third-order valence-corrected chi connectivity index (χ3v) is 3.37. The van der Waals surface area contributed by atoms with Crippen molar-refractivity contribution in [3.8, 4) is 0 Å². The smallest absolute Gasteiger partial charge is 0.0432 e. The van der Waals surface area contributed by atoms with Gasteiger partial charge >= 0.3 is 0 Å². The van der Waals surface area contributed by atoms with Crippen molar-refractivity contribution in [1.82, 2.24) is 5.32 Å². The molecule has 0 bridgehead atoms. The molecule has 0 radical (unpaired) electrons. The largest absolute Gasteiger partial charge is 0.373 e. The molecule has 0 aliphatic carbocycles. The molecule has 15 heavy (non-hydrogen) atoms. The van der Waals surface area contributed by atoms with Gasteiger partial charge in [-0.1, -0.05) is 12.1 Å². The van der Waals surface area contributed by atoms with Gasteiger partial charge in [0.2, 0.25) is 0 Å². The summed E-state index contributed by atoms with van der Waals surface area (Å²) >= 11 is 0. The van der Waals surface area contributed by atoms with Crippen molar-refractivity contribution in [3.05, 3.63) is 28.8 Å². The molecule has 0 fully saturated rings. The van der Waals surface area contributed by atoms with Crippen LogP contribution in [0.3, 0.4) is 0 Å². The zero-order chi connectivity index (χ0) is 11.0. The topological polar surface area (TPSA) is 15.3 Å². The maximum absolute atomic E-state index is 3.29. The first-order valence-electron chi connectivity index (χ1n) is 5.61. The van der Waals surface area contributed by atoms with Crippen LogP contribution in [-0.4, -0.2) is 27.2 Å². The highest BCUT2D eigenvalue weighted by molar-refractivity contribution is 5.66. The third kappa shape index (κ3) is 1.63. The normalized spacial score (nSPS) is 19.5. The summed E-state index contributed by atoms with van der Waals surface area (Å²) in [6.07, 6.45) is 0. The van der Waals surface area contributed by atoms with Crippen LogP contribution in [0, 0.1) is 13.8 Å². The second-order valence-corrected chi connectivity index (χ2v) is 4.60. The van der Waals surface area contributed by atoms with Gasteiger partial charge in [-0.2, -0.15) is 0 Å². The molecule has 1 N–H and O–H groups in total. The van der Waals surface area contributed by atoms with Crippen molar-refractivity contribution in [2.75, 3.05) is 32.1 Å². The summed E-state index contributed by atoms with van der Waals surface area (Å²) in [5.41, 5.74) is 5.83. The van der Waals surface area contributed by atoms with Crippen LogP contribution >= 0.6 is 0 Å². The Morgan fingerprint density at radius 2 is 2.00 bits per heavy atom. The van der Waals surface area contributed by atoms with Gasteiger partial charge in [0.1, 0.15) is 0 Å². The molecule has 0 amide bonds. The number of hydrogen-bond acceptors (Lipinski definition) is 2. The zero-order valence-electron chi connectivity index (χ0n) is 10.1. The molecular weight excluding hydrogens is 184 g/mol. The Hall–Kier alpha value is -1.02. The van der Waals surface area contributed by atoms with Crippen molar-refractivity contribution in [3.63, 3.8) is 0 Å². The van der Waals surface area contributed by atoms with E-state index in [9.17, 15) is 0 Å². The number of aryl methyl sites for hydroxylation is 2. The zero-order valence-corrected chi connectivity index (χ0v) is 10.1. The number of benzene rings is 1. The maximum Gasteiger partial charge on any atom is 0.0432 e. The lowest BCUT2D eigenvalue weighted by Crippen LogP contribution is -2.22. The van der Waals surface area contributed by atoms with E-state index >= 15 is 0 Å². The van der Waals surface area contributed by atoms with Crippen LogP contribution in [0.25, 0.3) is 0 Å². The Morgan fingerprint density at radius 1 is 1.33 bits per heavy atom. The van der Waals surface area contributed by atoms with E-state index in [-0.39, 0.29) is 0 Å². The molecule has 1 atom stereocenters. The maximum atomic E-state index is 3.29. The van der Waals surface area contributed by atoms with E-state index in [1.807, 2.05) is 7.05 Å². The predicted molar refractivity (Wildman–Crippen MR) is 65.9 cm³/mol. The molecule has 1 aromatic carbocycles. The van der Waals surface area contributed by atoms with Crippen molar-refractivity contribution < 1.29 is 0 Å². The predicted octanol–water partition coefficient (Wildman–Crippen LogP) is 2.06. The van der Waals surface area contributed by atoms with Crippen molar-refractivity contribution in [2.24, 2.45) is 0 Å². The molecule has 0 aromatic heterocycles. The first-order chi connectivity index (χ1) is 7.15. The highest BCUT2D eigenvalue weighted by Crippen LogP contribution is 2.39. The first-order valence-corrected chi connectivity index (χ1v) is 5.61. The van der Waals surface area contributed by atoms with Crippen LogP contribution in [0.2, 0.25) is 0 Å². The fourth-order valence-electron chi connectivity index (χ4n) is 2.77. The number of nitrogens with one attached hydrogen (secondary N) is 1. The molecule has 82 valence electrons. The lowest BCUT2D eigenvalue weighted by Gasteiger charge is -2.15. The minimum atomic E-state index is 0.648. The van der Waals surface area contributed by atoms with E-state index in [1.165, 1.54) is 16.8 Å². The van der Waals surface area contributed by atoms with E-state index in [0.717, 1.165) is 13.1 Å². The lowest BCUT2D eigenvalue weighted by atomic mass is 9.94. The van der Waals surface area contributed by atoms with Gasteiger partial charge in [-0.05, 0) is 37.6 Å². The van der Waals surface area contributed by atoms with Crippen LogP contribution in [0.1, 0.15) is 22.6 Å². The molecule has 2 rings (SSSR count). The Kier molecular flexibility index (Phi) is 2.70. The molecular formula is C13H20N2. The van der Waals surface area contributed by atoms with E-state index in [1.54, 1.807) is 5.56 Å². The van der Waals surface area contributed by atoms with E-state index in [2.05, 4.69) is 43.2 Å². The number of fused-ring (bicyclic) bond motifs is 1. The standard InChI is InChI=1S/C13H20N2/c1-9-5-6-10(2)13-12(9)11(7-14-3)8-15(13)4/h5-6,11,14H,7-8H2,1-4H3. The fraction of sp³-hybridized carbons (Fsp3) is 0.538.